The largest absolute Gasteiger partial charge is 0.388 e. The highest BCUT2D eigenvalue weighted by Crippen LogP contribution is 2.29. The lowest BCUT2D eigenvalue weighted by Gasteiger charge is -2.23. The van der Waals surface area contributed by atoms with E-state index in [-0.39, 0.29) is 6.04 Å². The highest BCUT2D eigenvalue weighted by Gasteiger charge is 2.17. The van der Waals surface area contributed by atoms with Crippen LogP contribution in [-0.2, 0) is 0 Å². The van der Waals surface area contributed by atoms with Crippen LogP contribution in [0.3, 0.4) is 0 Å². The van der Waals surface area contributed by atoms with E-state index in [1.165, 1.54) is 5.56 Å². The molecule has 23 heavy (non-hydrogen) atoms. The van der Waals surface area contributed by atoms with Crippen molar-refractivity contribution in [1.29, 1.82) is 0 Å². The van der Waals surface area contributed by atoms with E-state index in [1.807, 2.05) is 78.9 Å². The van der Waals surface area contributed by atoms with Crippen molar-refractivity contribution in [2.24, 2.45) is 0 Å². The smallest absolute Gasteiger partial charge is 0.0812 e. The summed E-state index contributed by atoms with van der Waals surface area (Å²) in [6, 6.07) is 30.3. The summed E-state index contributed by atoms with van der Waals surface area (Å²) in [6.45, 7) is 0. The highest BCUT2D eigenvalue weighted by atomic mass is 16.3. The van der Waals surface area contributed by atoms with Gasteiger partial charge in [-0.2, -0.15) is 0 Å². The molecule has 0 aliphatic heterocycles. The summed E-state index contributed by atoms with van der Waals surface area (Å²) in [5.41, 5.74) is 3.18. The Kier molecular flexibility index (Phi) is 5.07. The third kappa shape index (κ3) is 4.21. The van der Waals surface area contributed by atoms with Crippen LogP contribution in [-0.4, -0.2) is 5.11 Å². The predicted molar refractivity (Wildman–Crippen MR) is 95.3 cm³/mol. The van der Waals surface area contributed by atoms with Crippen LogP contribution in [0.4, 0.5) is 5.69 Å². The monoisotopic (exact) mass is 303 g/mol. The van der Waals surface area contributed by atoms with Crippen molar-refractivity contribution in [3.05, 3.63) is 102 Å². The van der Waals surface area contributed by atoms with Crippen molar-refractivity contribution in [3.63, 3.8) is 0 Å². The van der Waals surface area contributed by atoms with E-state index >= 15 is 0 Å². The second-order valence-corrected chi connectivity index (χ2v) is 5.64. The number of aliphatic hydroxyl groups is 1. The molecule has 0 spiro atoms. The molecule has 116 valence electrons. The number of hydrogen-bond acceptors (Lipinski definition) is 2. The Hall–Kier alpha value is -2.58. The Morgan fingerprint density at radius 3 is 1.70 bits per heavy atom. The van der Waals surface area contributed by atoms with Gasteiger partial charge in [-0.3, -0.25) is 0 Å². The molecule has 2 nitrogen and oxygen atoms in total. The minimum absolute atomic E-state index is 0.0498. The van der Waals surface area contributed by atoms with Crippen LogP contribution in [0.2, 0.25) is 0 Å². The minimum Gasteiger partial charge on any atom is -0.388 e. The van der Waals surface area contributed by atoms with Crippen LogP contribution >= 0.6 is 0 Å². The number of benzene rings is 3. The lowest BCUT2D eigenvalue weighted by molar-refractivity contribution is 0.160. The molecule has 0 saturated heterocycles. The molecule has 3 aromatic carbocycles. The molecule has 3 rings (SSSR count). The molecule has 3 aromatic rings. The number of para-hydroxylation sites is 1. The van der Waals surface area contributed by atoms with Gasteiger partial charge >= 0.3 is 0 Å². The average molecular weight is 303 g/mol. The second-order valence-electron chi connectivity index (χ2n) is 5.64. The lowest BCUT2D eigenvalue weighted by atomic mass is 9.96. The standard InChI is InChI=1S/C21H21NO/c23-21(18-12-6-2-7-13-18)16-20(17-10-4-1-5-11-17)22-19-14-8-3-9-15-19/h1-15,20-23H,16H2/t20-,21-/m0/s1. The predicted octanol–water partition coefficient (Wildman–Crippen LogP) is 4.96. The van der Waals surface area contributed by atoms with Crippen LogP contribution in [0, 0.1) is 0 Å². The maximum absolute atomic E-state index is 10.6. The van der Waals surface area contributed by atoms with Gasteiger partial charge in [0.1, 0.15) is 0 Å². The summed E-state index contributed by atoms with van der Waals surface area (Å²) in [5.74, 6) is 0. The SMILES string of the molecule is O[C@@H](C[C@H](Nc1ccccc1)c1ccccc1)c1ccccc1. The van der Waals surface area contributed by atoms with Crippen LogP contribution < -0.4 is 5.32 Å². The Bertz CT molecular complexity index is 698. The Morgan fingerprint density at radius 2 is 1.13 bits per heavy atom. The number of aliphatic hydroxyl groups excluding tert-OH is 1. The zero-order valence-corrected chi connectivity index (χ0v) is 13.0. The fourth-order valence-corrected chi connectivity index (χ4v) is 2.73. The maximum Gasteiger partial charge on any atom is 0.0812 e. The summed E-state index contributed by atoms with van der Waals surface area (Å²) >= 11 is 0. The Labute approximate surface area is 137 Å². The quantitative estimate of drug-likeness (QED) is 0.674. The van der Waals surface area contributed by atoms with Gasteiger partial charge in [-0.15, -0.1) is 0 Å². The Morgan fingerprint density at radius 1 is 0.652 bits per heavy atom. The van der Waals surface area contributed by atoms with Gasteiger partial charge in [0.05, 0.1) is 12.1 Å². The number of rotatable bonds is 6. The molecular formula is C21H21NO. The summed E-state index contributed by atoms with van der Waals surface area (Å²) in [6.07, 6.45) is 0.112. The molecule has 2 heteroatoms. The molecule has 0 radical (unpaired) electrons. The molecule has 0 amide bonds. The van der Waals surface area contributed by atoms with Crippen molar-refractivity contribution < 1.29 is 5.11 Å². The first-order valence-electron chi connectivity index (χ1n) is 7.92. The van der Waals surface area contributed by atoms with E-state index in [0.29, 0.717) is 6.42 Å². The first kappa shape index (κ1) is 15.3. The van der Waals surface area contributed by atoms with Crippen molar-refractivity contribution in [2.45, 2.75) is 18.6 Å². The zero-order valence-electron chi connectivity index (χ0n) is 13.0. The molecule has 0 heterocycles. The highest BCUT2D eigenvalue weighted by molar-refractivity contribution is 5.45. The van der Waals surface area contributed by atoms with Crippen LogP contribution in [0.5, 0.6) is 0 Å². The van der Waals surface area contributed by atoms with Crippen LogP contribution in [0.25, 0.3) is 0 Å². The molecule has 0 unspecified atom stereocenters. The van der Waals surface area contributed by atoms with Crippen molar-refractivity contribution >= 4 is 5.69 Å². The van der Waals surface area contributed by atoms with Gasteiger partial charge in [0.15, 0.2) is 0 Å². The molecule has 0 aromatic heterocycles. The third-order valence-corrected chi connectivity index (χ3v) is 3.96. The van der Waals surface area contributed by atoms with E-state index in [1.54, 1.807) is 0 Å². The van der Waals surface area contributed by atoms with E-state index < -0.39 is 6.10 Å². The minimum atomic E-state index is -0.502. The van der Waals surface area contributed by atoms with Gasteiger partial charge in [-0.1, -0.05) is 78.9 Å². The molecule has 2 atom stereocenters. The first-order chi connectivity index (χ1) is 11.3. The van der Waals surface area contributed by atoms with Crippen LogP contribution in [0.15, 0.2) is 91.0 Å². The first-order valence-corrected chi connectivity index (χ1v) is 7.92. The summed E-state index contributed by atoms with van der Waals surface area (Å²) < 4.78 is 0. The molecule has 0 saturated carbocycles. The zero-order chi connectivity index (χ0) is 15.9. The van der Waals surface area contributed by atoms with E-state index in [9.17, 15) is 5.11 Å². The lowest BCUT2D eigenvalue weighted by Crippen LogP contribution is -2.14. The van der Waals surface area contributed by atoms with Crippen LogP contribution in [0.1, 0.15) is 29.7 Å². The van der Waals surface area contributed by atoms with Crippen molar-refractivity contribution in [3.8, 4) is 0 Å². The second kappa shape index (κ2) is 7.61. The molecule has 2 N–H and O–H groups in total. The van der Waals surface area contributed by atoms with Gasteiger partial charge in [-0.25, -0.2) is 0 Å². The summed E-state index contributed by atoms with van der Waals surface area (Å²) in [7, 11) is 0. The molecular weight excluding hydrogens is 282 g/mol. The number of nitrogens with one attached hydrogen (secondary N) is 1. The van der Waals surface area contributed by atoms with Gasteiger partial charge in [0, 0.05) is 12.1 Å². The van der Waals surface area contributed by atoms with Crippen molar-refractivity contribution in [2.75, 3.05) is 5.32 Å². The van der Waals surface area contributed by atoms with Crippen molar-refractivity contribution in [1.82, 2.24) is 0 Å². The Balaban J connectivity index is 1.81. The molecule has 0 aliphatic carbocycles. The fraction of sp³-hybridized carbons (Fsp3) is 0.143. The topological polar surface area (TPSA) is 32.3 Å². The maximum atomic E-state index is 10.6. The normalized spacial score (nSPS) is 13.3. The molecule has 0 bridgehead atoms. The van der Waals surface area contributed by atoms with Gasteiger partial charge < -0.3 is 10.4 Å². The fourth-order valence-electron chi connectivity index (χ4n) is 2.73. The van der Waals surface area contributed by atoms with Gasteiger partial charge in [-0.05, 0) is 23.3 Å². The van der Waals surface area contributed by atoms with E-state index in [0.717, 1.165) is 11.3 Å². The van der Waals surface area contributed by atoms with Gasteiger partial charge in [0.25, 0.3) is 0 Å². The summed E-state index contributed by atoms with van der Waals surface area (Å²) in [5, 5.41) is 14.1. The van der Waals surface area contributed by atoms with E-state index in [4.69, 9.17) is 0 Å². The van der Waals surface area contributed by atoms with Gasteiger partial charge in [0.2, 0.25) is 0 Å². The average Bonchev–Trinajstić information content (AvgIpc) is 2.63. The number of hydrogen-bond donors (Lipinski definition) is 2. The summed E-state index contributed by atoms with van der Waals surface area (Å²) in [4.78, 5) is 0. The molecule has 0 aliphatic rings. The number of anilines is 1. The molecule has 0 fully saturated rings. The third-order valence-electron chi connectivity index (χ3n) is 3.96. The van der Waals surface area contributed by atoms with E-state index in [2.05, 4.69) is 17.4 Å².